The first kappa shape index (κ1) is 16.3. The molecule has 0 aliphatic rings. The van der Waals surface area contributed by atoms with E-state index in [-0.39, 0.29) is 17.0 Å². The van der Waals surface area contributed by atoms with Crippen molar-refractivity contribution in [2.24, 2.45) is 10.8 Å². The first-order valence-electron chi connectivity index (χ1n) is 6.25. The van der Waals surface area contributed by atoms with Gasteiger partial charge in [-0.1, -0.05) is 11.6 Å². The topological polar surface area (TPSA) is 143 Å². The molecule has 23 heavy (non-hydrogen) atoms. The highest BCUT2D eigenvalue weighted by Gasteiger charge is 2.18. The molecule has 10 heteroatoms. The van der Waals surface area contributed by atoms with Crippen LogP contribution in [0.2, 0.25) is 5.02 Å². The molecule has 2 amide bonds. The summed E-state index contributed by atoms with van der Waals surface area (Å²) >= 11 is 5.78. The lowest BCUT2D eigenvalue weighted by Gasteiger charge is -2.11. The third kappa shape index (κ3) is 3.40. The van der Waals surface area contributed by atoms with Crippen molar-refractivity contribution < 1.29 is 9.90 Å². The number of nitrogens with two attached hydrogens (primary N) is 1. The zero-order chi connectivity index (χ0) is 17.1. The maximum absolute atomic E-state index is 12.0. The van der Waals surface area contributed by atoms with Gasteiger partial charge in [0.1, 0.15) is 5.56 Å². The van der Waals surface area contributed by atoms with Crippen molar-refractivity contribution in [2.45, 2.75) is 6.92 Å². The minimum absolute atomic E-state index is 0.0368. The van der Waals surface area contributed by atoms with E-state index in [9.17, 15) is 19.5 Å². The molecule has 1 heterocycles. The summed E-state index contributed by atoms with van der Waals surface area (Å²) < 4.78 is 0.871. The Morgan fingerprint density at radius 3 is 2.52 bits per heavy atom. The van der Waals surface area contributed by atoms with E-state index >= 15 is 0 Å². The van der Waals surface area contributed by atoms with E-state index in [4.69, 9.17) is 17.3 Å². The lowest BCUT2D eigenvalue weighted by atomic mass is 10.2. The van der Waals surface area contributed by atoms with Gasteiger partial charge in [-0.3, -0.25) is 9.78 Å². The summed E-state index contributed by atoms with van der Waals surface area (Å²) in [6.45, 7) is 1.36. The molecule has 0 saturated heterocycles. The van der Waals surface area contributed by atoms with E-state index in [0.29, 0.717) is 5.02 Å². The molecule has 1 aromatic carbocycles. The third-order valence-electron chi connectivity index (χ3n) is 2.87. The highest BCUT2D eigenvalue weighted by atomic mass is 35.5. The van der Waals surface area contributed by atoms with Crippen LogP contribution in [0.15, 0.2) is 39.0 Å². The molecule has 0 unspecified atom stereocenters. The van der Waals surface area contributed by atoms with Crippen molar-refractivity contribution in [1.82, 2.24) is 15.0 Å². The Bertz CT molecular complexity index is 898. The summed E-state index contributed by atoms with van der Waals surface area (Å²) in [4.78, 5) is 36.6. The fraction of sp³-hybridized carbons (Fsp3) is 0.0769. The number of carbonyl (C=O) groups excluding carboxylic acids is 1. The largest absolute Gasteiger partial charge is 0.493 e. The zero-order valence-electron chi connectivity index (χ0n) is 11.8. The molecule has 2 rings (SSSR count). The summed E-state index contributed by atoms with van der Waals surface area (Å²) in [6.07, 6.45) is 0. The number of carbonyl (C=O) groups is 1. The summed E-state index contributed by atoms with van der Waals surface area (Å²) in [7, 11) is 0. The van der Waals surface area contributed by atoms with Gasteiger partial charge in [0.15, 0.2) is 0 Å². The normalized spacial score (nSPS) is 11.3. The number of hydrazone groups is 1. The van der Waals surface area contributed by atoms with Crippen LogP contribution in [0.5, 0.6) is 5.88 Å². The molecule has 0 bridgehead atoms. The second kappa shape index (κ2) is 6.36. The van der Waals surface area contributed by atoms with Crippen LogP contribution in [-0.2, 0) is 0 Å². The molecule has 0 saturated carbocycles. The molecule has 9 nitrogen and oxygen atoms in total. The van der Waals surface area contributed by atoms with Crippen molar-refractivity contribution in [3.05, 3.63) is 55.7 Å². The fourth-order valence-electron chi connectivity index (χ4n) is 1.88. The van der Waals surface area contributed by atoms with Crippen LogP contribution < -0.4 is 22.4 Å². The van der Waals surface area contributed by atoms with Gasteiger partial charge in [-0.2, -0.15) is 5.10 Å². The molecule has 1 aromatic heterocycles. The molecule has 120 valence electrons. The number of hydrogen-bond donors (Lipinski definition) is 4. The number of rotatable bonds is 3. The summed E-state index contributed by atoms with van der Waals surface area (Å²) in [5, 5.41) is 14.3. The smallest absolute Gasteiger partial charge is 0.335 e. The van der Waals surface area contributed by atoms with E-state index in [1.165, 1.54) is 31.2 Å². The fourth-order valence-corrected chi connectivity index (χ4v) is 2.00. The first-order valence-corrected chi connectivity index (χ1v) is 6.63. The number of amides is 2. The van der Waals surface area contributed by atoms with Gasteiger partial charge < -0.3 is 10.8 Å². The van der Waals surface area contributed by atoms with E-state index < -0.39 is 23.2 Å². The monoisotopic (exact) mass is 337 g/mol. The number of halogens is 1. The van der Waals surface area contributed by atoms with E-state index in [2.05, 4.69) is 10.1 Å². The third-order valence-corrected chi connectivity index (χ3v) is 3.12. The van der Waals surface area contributed by atoms with Crippen molar-refractivity contribution in [2.75, 3.05) is 0 Å². The Labute approximate surface area is 134 Å². The molecule has 0 aliphatic carbocycles. The Morgan fingerprint density at radius 2 is 1.96 bits per heavy atom. The Hall–Kier alpha value is -3.07. The standard InChI is InChI=1S/C13H12ClN5O4/c1-6(17-18-12(15)22)9-10(20)16-13(23)19(11(9)21)8-4-2-7(14)3-5-8/h2-5,21H,1H3,(H3,15,18,22)(H,16,20,23). The van der Waals surface area contributed by atoms with Gasteiger partial charge >= 0.3 is 11.7 Å². The number of benzene rings is 1. The molecule has 2 aromatic rings. The average Bonchev–Trinajstić information content (AvgIpc) is 2.46. The Balaban J connectivity index is 2.67. The van der Waals surface area contributed by atoms with Gasteiger partial charge in [0.25, 0.3) is 5.56 Å². The summed E-state index contributed by atoms with van der Waals surface area (Å²) in [5.74, 6) is -0.631. The first-order chi connectivity index (χ1) is 10.8. The SMILES string of the molecule is CC(=NNC(N)=O)c1c(O)n(-c2ccc(Cl)cc2)c(=O)[nH]c1=O. The van der Waals surface area contributed by atoms with Crippen LogP contribution in [-0.4, -0.2) is 26.4 Å². The Morgan fingerprint density at radius 1 is 1.35 bits per heavy atom. The van der Waals surface area contributed by atoms with Gasteiger partial charge in [-0.25, -0.2) is 19.6 Å². The van der Waals surface area contributed by atoms with Crippen molar-refractivity contribution in [3.8, 4) is 11.6 Å². The van der Waals surface area contributed by atoms with Crippen molar-refractivity contribution in [1.29, 1.82) is 0 Å². The number of nitrogens with zero attached hydrogens (tertiary/aromatic N) is 2. The zero-order valence-corrected chi connectivity index (χ0v) is 12.6. The number of nitrogens with one attached hydrogen (secondary N) is 2. The maximum Gasteiger partial charge on any atom is 0.335 e. The van der Waals surface area contributed by atoms with Crippen LogP contribution in [0.25, 0.3) is 5.69 Å². The summed E-state index contributed by atoms with van der Waals surface area (Å²) in [6, 6.07) is 5.07. The van der Waals surface area contributed by atoms with Crippen LogP contribution >= 0.6 is 11.6 Å². The summed E-state index contributed by atoms with van der Waals surface area (Å²) in [5.41, 5.74) is 5.09. The predicted molar refractivity (Wildman–Crippen MR) is 84.3 cm³/mol. The van der Waals surface area contributed by atoms with Crippen LogP contribution in [0.1, 0.15) is 12.5 Å². The second-order valence-electron chi connectivity index (χ2n) is 4.44. The van der Waals surface area contributed by atoms with Gasteiger partial charge in [0.05, 0.1) is 11.4 Å². The van der Waals surface area contributed by atoms with Crippen LogP contribution in [0.4, 0.5) is 4.79 Å². The van der Waals surface area contributed by atoms with Crippen LogP contribution in [0, 0.1) is 0 Å². The van der Waals surface area contributed by atoms with E-state index in [1.54, 1.807) is 0 Å². The van der Waals surface area contributed by atoms with E-state index in [1.807, 2.05) is 5.43 Å². The molecular weight excluding hydrogens is 326 g/mol. The number of aromatic nitrogens is 2. The minimum Gasteiger partial charge on any atom is -0.493 e. The number of urea groups is 1. The average molecular weight is 338 g/mol. The number of aromatic hydroxyl groups is 1. The van der Waals surface area contributed by atoms with Gasteiger partial charge in [0, 0.05) is 5.02 Å². The number of primary amides is 1. The molecule has 5 N–H and O–H groups in total. The number of hydrogen-bond acceptors (Lipinski definition) is 5. The van der Waals surface area contributed by atoms with Gasteiger partial charge in [0.2, 0.25) is 5.88 Å². The quantitative estimate of drug-likeness (QED) is 0.471. The Kier molecular flexibility index (Phi) is 4.51. The highest BCUT2D eigenvalue weighted by molar-refractivity contribution is 6.30. The maximum atomic E-state index is 12.0. The molecule has 0 fully saturated rings. The molecule has 0 atom stereocenters. The second-order valence-corrected chi connectivity index (χ2v) is 4.88. The predicted octanol–water partition coefficient (Wildman–Crippen LogP) is 0.277. The van der Waals surface area contributed by atoms with Crippen molar-refractivity contribution in [3.63, 3.8) is 0 Å². The van der Waals surface area contributed by atoms with Gasteiger partial charge in [-0.05, 0) is 31.2 Å². The number of H-pyrrole nitrogens is 1. The van der Waals surface area contributed by atoms with E-state index in [0.717, 1.165) is 4.57 Å². The molecule has 0 spiro atoms. The molecule has 0 aliphatic heterocycles. The number of aromatic amines is 1. The lowest BCUT2D eigenvalue weighted by molar-refractivity contribution is 0.249. The minimum atomic E-state index is -0.939. The van der Waals surface area contributed by atoms with Crippen molar-refractivity contribution >= 4 is 23.3 Å². The molecule has 0 radical (unpaired) electrons. The lowest BCUT2D eigenvalue weighted by Crippen LogP contribution is -2.33. The molecular formula is C13H12ClN5O4. The highest BCUT2D eigenvalue weighted by Crippen LogP contribution is 2.18. The van der Waals surface area contributed by atoms with Gasteiger partial charge in [-0.15, -0.1) is 0 Å². The van der Waals surface area contributed by atoms with Crippen LogP contribution in [0.3, 0.4) is 0 Å².